The number of thiocarbonyl (C=S) groups is 1. The minimum Gasteiger partial charge on any atom is -0.479 e. The van der Waals surface area contributed by atoms with Gasteiger partial charge in [-0.3, -0.25) is 9.59 Å². The molecule has 22 heavy (non-hydrogen) atoms. The first-order chi connectivity index (χ1) is 10.1. The number of hydrogen-bond acceptors (Lipinski definition) is 6. The summed E-state index contributed by atoms with van der Waals surface area (Å²) in [5.74, 6) is -1.41. The van der Waals surface area contributed by atoms with Crippen molar-refractivity contribution in [1.82, 2.24) is 5.32 Å². The largest absolute Gasteiger partial charge is 0.479 e. The van der Waals surface area contributed by atoms with Crippen LogP contribution in [0.1, 0.15) is 27.2 Å². The van der Waals surface area contributed by atoms with Crippen LogP contribution < -0.4 is 5.32 Å². The van der Waals surface area contributed by atoms with Crippen LogP contribution in [0.25, 0.3) is 0 Å². The van der Waals surface area contributed by atoms with Crippen LogP contribution >= 0.6 is 24.0 Å². The minimum absolute atomic E-state index is 0.0587. The number of nitrogens with one attached hydrogen (secondary N) is 1. The molecule has 0 aliphatic heterocycles. The molecular weight excluding hydrogens is 343 g/mol. The number of esters is 1. The molecule has 128 valence electrons. The van der Waals surface area contributed by atoms with Gasteiger partial charge in [-0.15, -0.1) is 0 Å². The lowest BCUT2D eigenvalue weighted by Crippen LogP contribution is -2.46. The summed E-state index contributed by atoms with van der Waals surface area (Å²) in [6.45, 7) is 3.85. The molecule has 2 atom stereocenters. The van der Waals surface area contributed by atoms with Gasteiger partial charge >= 0.3 is 12.1 Å². The Hall–Kier alpha value is -1.03. The zero-order valence-corrected chi connectivity index (χ0v) is 14.0. The second-order valence-corrected chi connectivity index (χ2v) is 6.16. The van der Waals surface area contributed by atoms with E-state index in [0.29, 0.717) is 0 Å². The van der Waals surface area contributed by atoms with Gasteiger partial charge in [0.15, 0.2) is 0 Å². The number of carbonyl (C=O) groups excluding carboxylic acids is 2. The molecule has 5 nitrogen and oxygen atoms in total. The molecule has 0 radical (unpaired) electrons. The van der Waals surface area contributed by atoms with Crippen LogP contribution in [0.3, 0.4) is 0 Å². The van der Waals surface area contributed by atoms with Gasteiger partial charge < -0.3 is 14.8 Å². The predicted molar refractivity (Wildman–Crippen MR) is 80.5 cm³/mol. The van der Waals surface area contributed by atoms with E-state index < -0.39 is 35.8 Å². The molecule has 0 saturated heterocycles. The third-order valence-corrected chi connectivity index (χ3v) is 3.65. The van der Waals surface area contributed by atoms with E-state index in [0.717, 1.165) is 25.6 Å². The van der Waals surface area contributed by atoms with Gasteiger partial charge in [-0.05, 0) is 25.6 Å². The molecule has 0 rings (SSSR count). The summed E-state index contributed by atoms with van der Waals surface area (Å²) in [4.78, 5) is 21.8. The lowest BCUT2D eigenvalue weighted by molar-refractivity contribution is -0.163. The van der Waals surface area contributed by atoms with Crippen LogP contribution in [0.5, 0.6) is 0 Å². The minimum atomic E-state index is -4.62. The molecule has 0 fully saturated rings. The molecule has 0 aromatic heterocycles. The molecule has 0 saturated carbocycles. The molecule has 0 aromatic rings. The number of rotatable bonds is 7. The van der Waals surface area contributed by atoms with Crippen LogP contribution in [-0.2, 0) is 19.1 Å². The summed E-state index contributed by atoms with van der Waals surface area (Å²) in [6, 6.07) is -2.05. The first-order valence-corrected chi connectivity index (χ1v) is 7.65. The first-order valence-electron chi connectivity index (χ1n) is 6.36. The molecule has 1 amide bonds. The highest BCUT2D eigenvalue weighted by molar-refractivity contribution is 8.23. The normalized spacial score (nSPS) is 13.9. The Balaban J connectivity index is 4.91. The number of carbonyl (C=O) groups is 2. The Morgan fingerprint density at radius 1 is 1.27 bits per heavy atom. The number of thioether (sulfide) groups is 1. The van der Waals surface area contributed by atoms with Gasteiger partial charge in [-0.1, -0.05) is 11.8 Å². The second kappa shape index (κ2) is 9.88. The van der Waals surface area contributed by atoms with E-state index in [-0.39, 0.29) is 17.6 Å². The number of alkyl halides is 3. The van der Waals surface area contributed by atoms with Gasteiger partial charge in [0.25, 0.3) is 0 Å². The van der Waals surface area contributed by atoms with E-state index in [1.165, 1.54) is 0 Å². The molecule has 1 N–H and O–H groups in total. The second-order valence-electron chi connectivity index (χ2n) is 4.26. The molecule has 0 aliphatic rings. The smallest absolute Gasteiger partial charge is 0.408 e. The predicted octanol–water partition coefficient (Wildman–Crippen LogP) is 2.43. The lowest BCUT2D eigenvalue weighted by Gasteiger charge is -2.25. The van der Waals surface area contributed by atoms with Crippen molar-refractivity contribution in [2.24, 2.45) is 0 Å². The highest BCUT2D eigenvalue weighted by Gasteiger charge is 2.42. The zero-order valence-electron chi connectivity index (χ0n) is 12.4. The molecule has 0 bridgehead atoms. The summed E-state index contributed by atoms with van der Waals surface area (Å²) in [5, 5.41) is 1.05. The first kappa shape index (κ1) is 21.0. The molecular formula is C12H18F3NO4S2. The van der Waals surface area contributed by atoms with Crippen molar-refractivity contribution in [3.63, 3.8) is 0 Å². The number of ether oxygens (including phenoxy) is 2. The van der Waals surface area contributed by atoms with Crippen LogP contribution in [0.2, 0.25) is 0 Å². The van der Waals surface area contributed by atoms with Gasteiger partial charge in [-0.2, -0.15) is 13.2 Å². The van der Waals surface area contributed by atoms with E-state index >= 15 is 0 Å². The molecule has 0 aromatic carbocycles. The summed E-state index contributed by atoms with van der Waals surface area (Å²) in [6.07, 6.45) is -5.11. The standard InChI is InChI=1S/C12H18F3NO4S2/c1-4-19-11(21)22-9(6-20-8(3)18)5-10(12(13,14)15)16-7(2)17/h9-10H,4-6H2,1-3H3,(H,16,17). The molecule has 10 heteroatoms. The summed E-state index contributed by atoms with van der Waals surface area (Å²) < 4.78 is 48.6. The third-order valence-electron chi connectivity index (χ3n) is 2.27. The Labute approximate surface area is 136 Å². The molecule has 0 aliphatic carbocycles. The van der Waals surface area contributed by atoms with Crippen molar-refractivity contribution in [3.05, 3.63) is 0 Å². The van der Waals surface area contributed by atoms with Crippen LogP contribution in [0.15, 0.2) is 0 Å². The number of amides is 1. The van der Waals surface area contributed by atoms with Crippen LogP contribution in [0.4, 0.5) is 13.2 Å². The van der Waals surface area contributed by atoms with Crippen molar-refractivity contribution in [2.45, 2.75) is 44.7 Å². The number of halogens is 3. The van der Waals surface area contributed by atoms with Crippen molar-refractivity contribution < 1.29 is 32.2 Å². The van der Waals surface area contributed by atoms with E-state index in [4.69, 9.17) is 21.7 Å². The Bertz CT molecular complexity index is 404. The number of hydrogen-bond donors (Lipinski definition) is 1. The average molecular weight is 361 g/mol. The van der Waals surface area contributed by atoms with Crippen molar-refractivity contribution in [2.75, 3.05) is 13.2 Å². The maximum atomic E-state index is 12.9. The van der Waals surface area contributed by atoms with Crippen molar-refractivity contribution in [1.29, 1.82) is 0 Å². The molecule has 0 spiro atoms. The monoisotopic (exact) mass is 361 g/mol. The Kier molecular flexibility index (Phi) is 9.42. The van der Waals surface area contributed by atoms with Gasteiger partial charge in [0.1, 0.15) is 12.6 Å². The quantitative estimate of drug-likeness (QED) is 0.555. The maximum absolute atomic E-state index is 12.9. The summed E-state index contributed by atoms with van der Waals surface area (Å²) >= 11 is 5.74. The van der Waals surface area contributed by atoms with Gasteiger partial charge in [0, 0.05) is 19.1 Å². The Morgan fingerprint density at radius 2 is 1.86 bits per heavy atom. The maximum Gasteiger partial charge on any atom is 0.408 e. The van der Waals surface area contributed by atoms with E-state index in [1.54, 1.807) is 6.92 Å². The van der Waals surface area contributed by atoms with E-state index in [1.807, 2.05) is 5.32 Å². The fourth-order valence-electron chi connectivity index (χ4n) is 1.43. The van der Waals surface area contributed by atoms with Gasteiger partial charge in [0.2, 0.25) is 10.3 Å². The molecule has 0 heterocycles. The fourth-order valence-corrected chi connectivity index (χ4v) is 2.84. The van der Waals surface area contributed by atoms with Crippen molar-refractivity contribution in [3.8, 4) is 0 Å². The van der Waals surface area contributed by atoms with Crippen LogP contribution in [-0.4, -0.2) is 46.9 Å². The molecule has 2 unspecified atom stereocenters. The fraction of sp³-hybridized carbons (Fsp3) is 0.750. The zero-order chi connectivity index (χ0) is 17.3. The highest BCUT2D eigenvalue weighted by Crippen LogP contribution is 2.28. The SMILES string of the molecule is CCOC(=S)SC(COC(C)=O)CC(NC(C)=O)C(F)(F)F. The van der Waals surface area contributed by atoms with E-state index in [2.05, 4.69) is 0 Å². The summed E-state index contributed by atoms with van der Waals surface area (Å²) in [7, 11) is 0. The van der Waals surface area contributed by atoms with Gasteiger partial charge in [-0.25, -0.2) is 0 Å². The topological polar surface area (TPSA) is 64.6 Å². The lowest BCUT2D eigenvalue weighted by atomic mass is 10.1. The van der Waals surface area contributed by atoms with Crippen molar-refractivity contribution >= 4 is 40.2 Å². The highest BCUT2D eigenvalue weighted by atomic mass is 32.2. The van der Waals surface area contributed by atoms with Gasteiger partial charge in [0.05, 0.1) is 6.61 Å². The average Bonchev–Trinajstić information content (AvgIpc) is 2.33. The Morgan fingerprint density at radius 3 is 2.27 bits per heavy atom. The van der Waals surface area contributed by atoms with Crippen LogP contribution in [0, 0.1) is 0 Å². The third kappa shape index (κ3) is 9.82. The summed E-state index contributed by atoms with van der Waals surface area (Å²) in [5.41, 5.74) is 0. The van der Waals surface area contributed by atoms with E-state index in [9.17, 15) is 22.8 Å².